The normalized spacial score (nSPS) is 13.6. The Morgan fingerprint density at radius 3 is 2.36 bits per heavy atom. The number of hydrogen-bond acceptors (Lipinski definition) is 4. The van der Waals surface area contributed by atoms with Crippen LogP contribution >= 0.6 is 0 Å². The molecule has 0 aliphatic heterocycles. The molecule has 0 saturated carbocycles. The molecule has 5 N–H and O–H groups in total. The zero-order valence-electron chi connectivity index (χ0n) is 8.28. The summed E-state index contributed by atoms with van der Waals surface area (Å²) in [7, 11) is 0. The number of carboxylic acid groups (broad SMARTS) is 1. The maximum atomic E-state index is 10.6. The van der Waals surface area contributed by atoms with Gasteiger partial charge in [-0.25, -0.2) is 0 Å². The van der Waals surface area contributed by atoms with Gasteiger partial charge in [-0.05, 0) is 13.8 Å². The Morgan fingerprint density at radius 2 is 2.00 bits per heavy atom. The molecule has 1 amide bonds. The summed E-state index contributed by atoms with van der Waals surface area (Å²) in [6.45, 7) is 3.21. The standard InChI is InChI=1S/C8H16N2O4/c1-8(2,7(13)14)4-10-3-5(11)6(9)12/h5,10-11H,3-4H2,1-2H3,(H2,9,12)(H,13,14). The molecule has 0 aromatic rings. The third-order valence-corrected chi connectivity index (χ3v) is 1.81. The minimum absolute atomic E-state index is 0.0357. The third-order valence-electron chi connectivity index (χ3n) is 1.81. The van der Waals surface area contributed by atoms with Gasteiger partial charge in [0.1, 0.15) is 6.10 Å². The Balaban J connectivity index is 3.85. The van der Waals surface area contributed by atoms with E-state index in [9.17, 15) is 9.59 Å². The number of carbonyl (C=O) groups is 2. The summed E-state index contributed by atoms with van der Waals surface area (Å²) in [6, 6.07) is 0. The SMILES string of the molecule is CC(C)(CNCC(O)C(N)=O)C(=O)O. The van der Waals surface area contributed by atoms with Gasteiger partial charge in [-0.3, -0.25) is 9.59 Å². The second kappa shape index (κ2) is 4.92. The Kier molecular flexibility index (Phi) is 4.52. The van der Waals surface area contributed by atoms with Crippen LogP contribution in [0.5, 0.6) is 0 Å². The molecular weight excluding hydrogens is 188 g/mol. The van der Waals surface area contributed by atoms with Gasteiger partial charge in [-0.1, -0.05) is 0 Å². The molecule has 0 saturated heterocycles. The van der Waals surface area contributed by atoms with Crippen LogP contribution in [-0.2, 0) is 9.59 Å². The van der Waals surface area contributed by atoms with Crippen molar-refractivity contribution in [1.82, 2.24) is 5.32 Å². The topological polar surface area (TPSA) is 113 Å². The number of amides is 1. The summed E-state index contributed by atoms with van der Waals surface area (Å²) >= 11 is 0. The highest BCUT2D eigenvalue weighted by Gasteiger charge is 2.26. The summed E-state index contributed by atoms with van der Waals surface area (Å²) < 4.78 is 0. The molecule has 6 heteroatoms. The largest absolute Gasteiger partial charge is 0.481 e. The number of carboxylic acids is 1. The molecule has 0 radical (unpaired) electrons. The van der Waals surface area contributed by atoms with Crippen LogP contribution in [0.15, 0.2) is 0 Å². The van der Waals surface area contributed by atoms with E-state index in [-0.39, 0.29) is 13.1 Å². The first-order valence-electron chi connectivity index (χ1n) is 4.19. The van der Waals surface area contributed by atoms with E-state index in [2.05, 4.69) is 5.32 Å². The summed E-state index contributed by atoms with van der Waals surface area (Å²) in [5.74, 6) is -1.77. The van der Waals surface area contributed by atoms with Gasteiger partial charge in [-0.2, -0.15) is 0 Å². The first-order valence-corrected chi connectivity index (χ1v) is 4.19. The van der Waals surface area contributed by atoms with Crippen LogP contribution in [0.1, 0.15) is 13.8 Å². The monoisotopic (exact) mass is 204 g/mol. The van der Waals surface area contributed by atoms with Gasteiger partial charge >= 0.3 is 5.97 Å². The van der Waals surface area contributed by atoms with E-state index in [4.69, 9.17) is 15.9 Å². The van der Waals surface area contributed by atoms with E-state index >= 15 is 0 Å². The number of aliphatic hydroxyl groups excluding tert-OH is 1. The molecule has 0 aromatic carbocycles. The fraction of sp³-hybridized carbons (Fsp3) is 0.750. The van der Waals surface area contributed by atoms with Crippen LogP contribution in [-0.4, -0.2) is 41.3 Å². The van der Waals surface area contributed by atoms with Crippen molar-refractivity contribution in [1.29, 1.82) is 0 Å². The molecule has 14 heavy (non-hydrogen) atoms. The molecule has 1 unspecified atom stereocenters. The van der Waals surface area contributed by atoms with E-state index in [1.807, 2.05) is 0 Å². The molecule has 0 spiro atoms. The first kappa shape index (κ1) is 12.9. The second-order valence-corrected chi connectivity index (χ2v) is 3.74. The number of primary amides is 1. The fourth-order valence-corrected chi connectivity index (χ4v) is 0.698. The molecule has 1 atom stereocenters. The second-order valence-electron chi connectivity index (χ2n) is 3.74. The Hall–Kier alpha value is -1.14. The van der Waals surface area contributed by atoms with Crippen molar-refractivity contribution < 1.29 is 19.8 Å². The van der Waals surface area contributed by atoms with Gasteiger partial charge in [0, 0.05) is 13.1 Å². The number of carbonyl (C=O) groups excluding carboxylic acids is 1. The lowest BCUT2D eigenvalue weighted by molar-refractivity contribution is -0.146. The van der Waals surface area contributed by atoms with E-state index in [1.54, 1.807) is 13.8 Å². The van der Waals surface area contributed by atoms with Gasteiger partial charge in [0.15, 0.2) is 0 Å². The Morgan fingerprint density at radius 1 is 1.50 bits per heavy atom. The van der Waals surface area contributed by atoms with Crippen molar-refractivity contribution >= 4 is 11.9 Å². The molecule has 0 aromatic heterocycles. The van der Waals surface area contributed by atoms with Crippen molar-refractivity contribution in [3.63, 3.8) is 0 Å². The number of aliphatic carboxylic acids is 1. The summed E-state index contributed by atoms with van der Waals surface area (Å²) in [6.07, 6.45) is -1.28. The number of rotatable bonds is 6. The zero-order valence-corrected chi connectivity index (χ0v) is 8.28. The summed E-state index contributed by atoms with van der Waals surface area (Å²) in [5.41, 5.74) is 3.87. The highest BCUT2D eigenvalue weighted by atomic mass is 16.4. The number of nitrogens with one attached hydrogen (secondary N) is 1. The lowest BCUT2D eigenvalue weighted by Crippen LogP contribution is -2.42. The Labute approximate surface area is 82.1 Å². The van der Waals surface area contributed by atoms with Gasteiger partial charge in [0.2, 0.25) is 5.91 Å². The van der Waals surface area contributed by atoms with E-state index in [0.29, 0.717) is 0 Å². The average molecular weight is 204 g/mol. The third kappa shape index (κ3) is 4.20. The van der Waals surface area contributed by atoms with Crippen molar-refractivity contribution in [3.8, 4) is 0 Å². The number of nitrogens with two attached hydrogens (primary N) is 1. The number of aliphatic hydroxyl groups is 1. The van der Waals surface area contributed by atoms with Crippen LogP contribution in [0, 0.1) is 5.41 Å². The molecule has 82 valence electrons. The van der Waals surface area contributed by atoms with Crippen molar-refractivity contribution in [2.45, 2.75) is 20.0 Å². The fourth-order valence-electron chi connectivity index (χ4n) is 0.698. The van der Waals surface area contributed by atoms with Crippen LogP contribution in [0.3, 0.4) is 0 Å². The molecule has 6 nitrogen and oxygen atoms in total. The quantitative estimate of drug-likeness (QED) is 0.422. The van der Waals surface area contributed by atoms with Gasteiger partial charge in [0.25, 0.3) is 0 Å². The lowest BCUT2D eigenvalue weighted by atomic mass is 9.94. The number of hydrogen-bond donors (Lipinski definition) is 4. The van der Waals surface area contributed by atoms with E-state index in [1.165, 1.54) is 0 Å². The van der Waals surface area contributed by atoms with Crippen LogP contribution < -0.4 is 11.1 Å². The predicted octanol–water partition coefficient (Wildman–Crippen LogP) is -1.47. The minimum Gasteiger partial charge on any atom is -0.481 e. The molecule has 0 bridgehead atoms. The molecule has 0 heterocycles. The molecule has 0 fully saturated rings. The van der Waals surface area contributed by atoms with Gasteiger partial charge in [-0.15, -0.1) is 0 Å². The van der Waals surface area contributed by atoms with Crippen LogP contribution in [0.2, 0.25) is 0 Å². The maximum absolute atomic E-state index is 10.6. The smallest absolute Gasteiger partial charge is 0.310 e. The minimum atomic E-state index is -1.28. The van der Waals surface area contributed by atoms with Crippen molar-refractivity contribution in [2.75, 3.05) is 13.1 Å². The zero-order chi connectivity index (χ0) is 11.4. The van der Waals surface area contributed by atoms with E-state index < -0.39 is 23.4 Å². The maximum Gasteiger partial charge on any atom is 0.310 e. The molecule has 0 aliphatic carbocycles. The van der Waals surface area contributed by atoms with E-state index in [0.717, 1.165) is 0 Å². The summed E-state index contributed by atoms with van der Waals surface area (Å²) in [5, 5.41) is 20.4. The lowest BCUT2D eigenvalue weighted by Gasteiger charge is -2.20. The first-order chi connectivity index (χ1) is 6.27. The molecular formula is C8H16N2O4. The van der Waals surface area contributed by atoms with Crippen LogP contribution in [0.4, 0.5) is 0 Å². The molecule has 0 rings (SSSR count). The van der Waals surface area contributed by atoms with Crippen LogP contribution in [0.25, 0.3) is 0 Å². The summed E-state index contributed by atoms with van der Waals surface area (Å²) in [4.78, 5) is 21.0. The Bertz CT molecular complexity index is 227. The highest BCUT2D eigenvalue weighted by Crippen LogP contribution is 2.12. The molecule has 0 aliphatic rings. The van der Waals surface area contributed by atoms with Gasteiger partial charge < -0.3 is 21.3 Å². The van der Waals surface area contributed by atoms with Crippen molar-refractivity contribution in [2.24, 2.45) is 11.1 Å². The average Bonchev–Trinajstić information content (AvgIpc) is 2.03. The van der Waals surface area contributed by atoms with Gasteiger partial charge in [0.05, 0.1) is 5.41 Å². The van der Waals surface area contributed by atoms with Crippen molar-refractivity contribution in [3.05, 3.63) is 0 Å². The highest BCUT2D eigenvalue weighted by molar-refractivity contribution is 5.78. The predicted molar refractivity (Wildman–Crippen MR) is 49.5 cm³/mol.